The Kier molecular flexibility index (Phi) is 4.94. The number of carbonyl (C=O) groups excluding carboxylic acids is 1. The second-order valence-corrected chi connectivity index (χ2v) is 6.56. The molecule has 0 aliphatic heterocycles. The van der Waals surface area contributed by atoms with Gasteiger partial charge in [-0.3, -0.25) is 14.6 Å². The van der Waals surface area contributed by atoms with E-state index in [1.165, 1.54) is 11.8 Å². The summed E-state index contributed by atoms with van der Waals surface area (Å²) in [4.78, 5) is 19.7. The van der Waals surface area contributed by atoms with Crippen LogP contribution >= 0.6 is 11.8 Å². The number of para-hydroxylation sites is 1. The van der Waals surface area contributed by atoms with Gasteiger partial charge in [-0.1, -0.05) is 30.0 Å². The van der Waals surface area contributed by atoms with Gasteiger partial charge in [0.2, 0.25) is 22.9 Å². The largest absolute Gasteiger partial charge is 0.378 e. The molecule has 3 heterocycles. The van der Waals surface area contributed by atoms with Crippen LogP contribution in [0.4, 0.5) is 5.88 Å². The summed E-state index contributed by atoms with van der Waals surface area (Å²) < 4.78 is 11.5. The average molecular weight is 386 g/mol. The molecule has 0 fully saturated rings. The lowest BCUT2D eigenvalue weighted by Gasteiger charge is -1.99. The fraction of sp³-hybridized carbons (Fsp3) is 0.250. The number of hydrogen-bond acceptors (Lipinski definition) is 8. The third-order valence-corrected chi connectivity index (χ3v) is 4.57. The van der Waals surface area contributed by atoms with Crippen molar-refractivity contribution in [2.45, 2.75) is 11.7 Å². The quantitative estimate of drug-likeness (QED) is 0.358. The first-order chi connectivity index (χ1) is 13.2. The number of hydrogen-bond donors (Lipinski definition) is 2. The van der Waals surface area contributed by atoms with Crippen LogP contribution in [0.5, 0.6) is 0 Å². The Balaban J connectivity index is 1.38. The third-order valence-electron chi connectivity index (χ3n) is 3.73. The summed E-state index contributed by atoms with van der Waals surface area (Å²) in [5.41, 5.74) is 2.30. The molecule has 0 aliphatic rings. The molecule has 0 atom stereocenters. The van der Waals surface area contributed by atoms with Crippen molar-refractivity contribution in [1.29, 1.82) is 0 Å². The first-order valence-corrected chi connectivity index (χ1v) is 9.10. The highest BCUT2D eigenvalue weighted by atomic mass is 32.2. The number of anilines is 1. The molecule has 4 aromatic rings. The number of aromatic amines is 1. The molecule has 11 heteroatoms. The number of H-pyrrole nitrogens is 1. The maximum Gasteiger partial charge on any atom is 0.302 e. The van der Waals surface area contributed by atoms with E-state index < -0.39 is 0 Å². The predicted octanol–water partition coefficient (Wildman–Crippen LogP) is 1.16. The highest BCUT2D eigenvalue weighted by Gasteiger charge is 2.15. The van der Waals surface area contributed by atoms with Crippen molar-refractivity contribution in [3.63, 3.8) is 0 Å². The zero-order valence-electron chi connectivity index (χ0n) is 14.4. The number of methoxy groups -OCH3 is 1. The fourth-order valence-corrected chi connectivity index (χ4v) is 3.08. The third kappa shape index (κ3) is 3.88. The highest BCUT2D eigenvalue weighted by Crippen LogP contribution is 2.23. The van der Waals surface area contributed by atoms with E-state index in [0.29, 0.717) is 29.5 Å². The van der Waals surface area contributed by atoms with Gasteiger partial charge in [0.1, 0.15) is 12.1 Å². The summed E-state index contributed by atoms with van der Waals surface area (Å²) >= 11 is 1.19. The van der Waals surface area contributed by atoms with Crippen molar-refractivity contribution in [3.05, 3.63) is 30.5 Å². The molecule has 27 heavy (non-hydrogen) atoms. The summed E-state index contributed by atoms with van der Waals surface area (Å²) in [6.45, 7) is 1.04. The molecule has 4 rings (SSSR count). The predicted molar refractivity (Wildman–Crippen MR) is 97.1 cm³/mol. The SMILES string of the molecule is COCC[n+]1cc(NC(=O)CSc2nnc3c(n2)[nH]c2ccccc23)on1. The molecular formula is C16H16N7O3S+. The number of nitrogens with one attached hydrogen (secondary N) is 2. The lowest BCUT2D eigenvalue weighted by molar-refractivity contribution is -0.763. The number of aromatic nitrogens is 6. The molecule has 0 aliphatic carbocycles. The molecule has 0 radical (unpaired) electrons. The Labute approximate surface area is 157 Å². The normalized spacial score (nSPS) is 11.3. The summed E-state index contributed by atoms with van der Waals surface area (Å²) in [5.74, 6) is 0.129. The molecule has 0 saturated heterocycles. The minimum atomic E-state index is -0.254. The van der Waals surface area contributed by atoms with Gasteiger partial charge in [0.25, 0.3) is 6.20 Å². The van der Waals surface area contributed by atoms with Crippen LogP contribution in [-0.2, 0) is 16.1 Å². The monoisotopic (exact) mass is 386 g/mol. The summed E-state index contributed by atoms with van der Waals surface area (Å²) in [7, 11) is 1.60. The minimum absolute atomic E-state index is 0.117. The van der Waals surface area contributed by atoms with Crippen LogP contribution in [0.15, 0.2) is 40.1 Å². The molecule has 3 aromatic heterocycles. The zero-order chi connectivity index (χ0) is 18.6. The average Bonchev–Trinajstić information content (AvgIpc) is 3.28. The minimum Gasteiger partial charge on any atom is -0.378 e. The van der Waals surface area contributed by atoms with Gasteiger partial charge < -0.3 is 9.72 Å². The Hall–Kier alpha value is -3.05. The molecular weight excluding hydrogens is 370 g/mol. The standard InChI is InChI=1S/C16H15N7O3S/c1-25-7-6-23-8-13(26-22-23)18-12(24)9-27-16-19-15-14(20-21-16)10-4-2-3-5-11(10)17-15/h2-5,8H,6-7,9H2,1H3,(H-,17,18,19,20,21,22,24)/p+1. The number of benzene rings is 1. The lowest BCUT2D eigenvalue weighted by atomic mass is 10.2. The molecule has 2 N–H and O–H groups in total. The molecule has 0 bridgehead atoms. The number of ether oxygens (including phenoxy) is 1. The summed E-state index contributed by atoms with van der Waals surface area (Å²) in [5, 5.41) is 16.1. The van der Waals surface area contributed by atoms with Crippen LogP contribution in [0.3, 0.4) is 0 Å². The number of nitrogens with zero attached hydrogens (tertiary/aromatic N) is 5. The van der Waals surface area contributed by atoms with Crippen LogP contribution in [0.1, 0.15) is 0 Å². The molecule has 10 nitrogen and oxygen atoms in total. The number of thioether (sulfide) groups is 1. The maximum atomic E-state index is 12.1. The van der Waals surface area contributed by atoms with Gasteiger partial charge in [0, 0.05) is 18.0 Å². The molecule has 0 saturated carbocycles. The molecule has 0 unspecified atom stereocenters. The first-order valence-electron chi connectivity index (χ1n) is 8.12. The Bertz CT molecular complexity index is 1090. The van der Waals surface area contributed by atoms with Crippen molar-refractivity contribution in [2.24, 2.45) is 0 Å². The van der Waals surface area contributed by atoms with Crippen molar-refractivity contribution in [1.82, 2.24) is 25.4 Å². The van der Waals surface area contributed by atoms with Crippen molar-refractivity contribution >= 4 is 45.6 Å². The second kappa shape index (κ2) is 7.68. The lowest BCUT2D eigenvalue weighted by Crippen LogP contribution is -2.36. The van der Waals surface area contributed by atoms with E-state index in [1.54, 1.807) is 18.0 Å². The van der Waals surface area contributed by atoms with Crippen LogP contribution in [0.25, 0.3) is 22.1 Å². The Morgan fingerprint density at radius 2 is 2.26 bits per heavy atom. The molecule has 138 valence electrons. The summed E-state index contributed by atoms with van der Waals surface area (Å²) in [6, 6.07) is 7.79. The summed E-state index contributed by atoms with van der Waals surface area (Å²) in [6.07, 6.45) is 1.59. The van der Waals surface area contributed by atoms with Crippen molar-refractivity contribution < 1.29 is 18.7 Å². The van der Waals surface area contributed by atoms with Gasteiger partial charge in [-0.05, 0) is 10.7 Å². The van der Waals surface area contributed by atoms with Crippen LogP contribution < -0.4 is 10.00 Å². The highest BCUT2D eigenvalue weighted by molar-refractivity contribution is 7.99. The molecule has 1 amide bonds. The second-order valence-electron chi connectivity index (χ2n) is 5.62. The van der Waals surface area contributed by atoms with E-state index in [1.807, 2.05) is 24.3 Å². The van der Waals surface area contributed by atoms with E-state index >= 15 is 0 Å². The molecule has 0 spiro atoms. The van der Waals surface area contributed by atoms with E-state index in [9.17, 15) is 4.79 Å². The van der Waals surface area contributed by atoms with Crippen LogP contribution in [0, 0.1) is 0 Å². The van der Waals surface area contributed by atoms with Crippen molar-refractivity contribution in [2.75, 3.05) is 24.8 Å². The van der Waals surface area contributed by atoms with E-state index in [4.69, 9.17) is 9.26 Å². The smallest absolute Gasteiger partial charge is 0.302 e. The maximum absolute atomic E-state index is 12.1. The van der Waals surface area contributed by atoms with Gasteiger partial charge >= 0.3 is 5.88 Å². The molecule has 1 aromatic carbocycles. The van der Waals surface area contributed by atoms with Crippen LogP contribution in [-0.4, -0.2) is 50.8 Å². The zero-order valence-corrected chi connectivity index (χ0v) is 15.2. The number of carbonyl (C=O) groups is 1. The number of rotatable bonds is 7. The van der Waals surface area contributed by atoms with E-state index in [-0.39, 0.29) is 17.5 Å². The van der Waals surface area contributed by atoms with Gasteiger partial charge in [-0.25, -0.2) is 4.98 Å². The van der Waals surface area contributed by atoms with Gasteiger partial charge in [0.05, 0.1) is 5.75 Å². The number of fused-ring (bicyclic) bond motifs is 3. The van der Waals surface area contributed by atoms with Crippen LogP contribution in [0.2, 0.25) is 0 Å². The van der Waals surface area contributed by atoms with E-state index in [0.717, 1.165) is 10.9 Å². The first kappa shape index (κ1) is 17.4. The Morgan fingerprint density at radius 1 is 1.37 bits per heavy atom. The topological polar surface area (TPSA) is 123 Å². The number of amides is 1. The van der Waals surface area contributed by atoms with E-state index in [2.05, 4.69) is 30.8 Å². The van der Waals surface area contributed by atoms with Gasteiger partial charge in [-0.2, -0.15) is 0 Å². The van der Waals surface area contributed by atoms with Gasteiger partial charge in [-0.15, -0.1) is 10.2 Å². The van der Waals surface area contributed by atoms with Gasteiger partial charge in [0.15, 0.2) is 5.65 Å². The Morgan fingerprint density at radius 3 is 3.15 bits per heavy atom. The fourth-order valence-electron chi connectivity index (χ4n) is 2.49. The van der Waals surface area contributed by atoms with Crippen molar-refractivity contribution in [3.8, 4) is 0 Å².